The molecule has 0 fully saturated rings. The van der Waals surface area contributed by atoms with E-state index in [0.717, 1.165) is 10.2 Å². The molecule has 5 heteroatoms. The van der Waals surface area contributed by atoms with Crippen molar-refractivity contribution < 1.29 is 0 Å². The average molecular weight is 399 g/mol. The first kappa shape index (κ1) is 13.4. The van der Waals surface area contributed by atoms with Gasteiger partial charge in [0.1, 0.15) is 0 Å². The fraction of sp³-hybridized carbons (Fsp3) is 0.300. The van der Waals surface area contributed by atoms with Gasteiger partial charge >= 0.3 is 0 Å². The number of aromatic nitrogens is 2. The molecule has 0 bridgehead atoms. The molecule has 1 unspecified atom stereocenters. The highest BCUT2D eigenvalue weighted by Gasteiger charge is 2.05. The minimum Gasteiger partial charge on any atom is -0.237 e. The zero-order chi connectivity index (χ0) is 11.4. The van der Waals surface area contributed by atoms with Gasteiger partial charge in [-0.3, -0.25) is 0 Å². The molecule has 2 rings (SSSR count). The standard InChI is InChI=1S/C8H7BrIN2P.C2H6/c1-5-7-3-2-6(9)4-8(7)12(11-5)13-10;1-2/h2-4,13H,1H3;1-2H3. The molecule has 82 valence electrons. The molecule has 1 aromatic heterocycles. The maximum Gasteiger partial charge on any atom is 0.0743 e. The Morgan fingerprint density at radius 1 is 1.40 bits per heavy atom. The number of hydrogen-bond donors (Lipinski definition) is 0. The Morgan fingerprint density at radius 2 is 2.07 bits per heavy atom. The Labute approximate surface area is 113 Å². The molecule has 15 heavy (non-hydrogen) atoms. The van der Waals surface area contributed by atoms with Gasteiger partial charge < -0.3 is 0 Å². The summed E-state index contributed by atoms with van der Waals surface area (Å²) < 4.78 is 3.14. The normalized spacial score (nSPS) is 10.7. The Bertz CT molecular complexity index is 456. The molecule has 0 aliphatic rings. The molecule has 1 aromatic carbocycles. The van der Waals surface area contributed by atoms with Crippen LogP contribution in [-0.2, 0) is 0 Å². The van der Waals surface area contributed by atoms with Crippen LogP contribution in [0.1, 0.15) is 19.5 Å². The van der Waals surface area contributed by atoms with Crippen molar-refractivity contribution >= 4 is 55.2 Å². The van der Waals surface area contributed by atoms with Gasteiger partial charge in [-0.05, 0) is 47.2 Å². The van der Waals surface area contributed by atoms with Gasteiger partial charge in [0.2, 0.25) is 0 Å². The summed E-state index contributed by atoms with van der Waals surface area (Å²) in [7, 11) is 0. The van der Waals surface area contributed by atoms with Crippen LogP contribution in [0.5, 0.6) is 0 Å². The second kappa shape index (κ2) is 6.16. The maximum absolute atomic E-state index is 4.45. The molecule has 0 radical (unpaired) electrons. The Morgan fingerprint density at radius 3 is 2.67 bits per heavy atom. The summed E-state index contributed by atoms with van der Waals surface area (Å²) in [5, 5.41) is 5.69. The zero-order valence-corrected chi connectivity index (χ0v) is 13.6. The summed E-state index contributed by atoms with van der Waals surface area (Å²) >= 11 is 5.80. The third-order valence-corrected chi connectivity index (χ3v) is 4.27. The summed E-state index contributed by atoms with van der Waals surface area (Å²) in [5.41, 5.74) is 2.31. The van der Waals surface area contributed by atoms with Crippen molar-refractivity contribution in [1.29, 1.82) is 0 Å². The van der Waals surface area contributed by atoms with Crippen molar-refractivity contribution in [2.24, 2.45) is 0 Å². The second-order valence-electron chi connectivity index (χ2n) is 2.74. The number of aryl methyl sites for hydroxylation is 1. The van der Waals surface area contributed by atoms with E-state index >= 15 is 0 Å². The molecule has 0 saturated carbocycles. The van der Waals surface area contributed by atoms with Crippen LogP contribution in [0.25, 0.3) is 10.9 Å². The molecule has 0 aliphatic carbocycles. The second-order valence-corrected chi connectivity index (χ2v) is 5.70. The van der Waals surface area contributed by atoms with Gasteiger partial charge in [-0.15, -0.1) is 0 Å². The van der Waals surface area contributed by atoms with Gasteiger partial charge in [0, 0.05) is 9.86 Å². The lowest BCUT2D eigenvalue weighted by molar-refractivity contribution is 1.00. The first-order valence-electron chi connectivity index (χ1n) is 4.74. The number of rotatable bonds is 1. The summed E-state index contributed by atoms with van der Waals surface area (Å²) in [6.07, 6.45) is 0.656. The van der Waals surface area contributed by atoms with Gasteiger partial charge in [0.05, 0.1) is 17.6 Å². The van der Waals surface area contributed by atoms with E-state index in [1.165, 1.54) is 10.9 Å². The first-order valence-corrected chi connectivity index (χ1v) is 9.59. The van der Waals surface area contributed by atoms with E-state index in [1.54, 1.807) is 0 Å². The Kier molecular flexibility index (Phi) is 5.50. The largest absolute Gasteiger partial charge is 0.237 e. The van der Waals surface area contributed by atoms with E-state index in [1.807, 2.05) is 25.2 Å². The number of hydrogen-bond acceptors (Lipinski definition) is 1. The molecule has 0 N–H and O–H groups in total. The summed E-state index contributed by atoms with van der Waals surface area (Å²) in [5.74, 6) is 0. The number of fused-ring (bicyclic) bond motifs is 1. The van der Waals surface area contributed by atoms with Crippen LogP contribution in [0.15, 0.2) is 22.7 Å². The summed E-state index contributed by atoms with van der Waals surface area (Å²) in [4.78, 5) is 0. The van der Waals surface area contributed by atoms with E-state index in [2.05, 4.69) is 61.3 Å². The molecule has 1 atom stereocenters. The van der Waals surface area contributed by atoms with Crippen LogP contribution in [0.3, 0.4) is 0 Å². The molecule has 2 aromatic rings. The SMILES string of the molecule is CC.Cc1nn(PI)c2cc(Br)ccc12. The van der Waals surface area contributed by atoms with Crippen LogP contribution >= 0.6 is 44.3 Å². The predicted molar refractivity (Wildman–Crippen MR) is 81.3 cm³/mol. The van der Waals surface area contributed by atoms with Gasteiger partial charge in [0.25, 0.3) is 0 Å². The van der Waals surface area contributed by atoms with E-state index in [9.17, 15) is 0 Å². The quantitative estimate of drug-likeness (QED) is 0.492. The Balaban J connectivity index is 0.000000531. The van der Waals surface area contributed by atoms with E-state index in [4.69, 9.17) is 0 Å². The number of nitrogens with zero attached hydrogens (tertiary/aromatic N) is 2. The summed E-state index contributed by atoms with van der Waals surface area (Å²) in [6, 6.07) is 6.27. The minimum absolute atomic E-state index is 0.656. The van der Waals surface area contributed by atoms with Crippen LogP contribution in [0.2, 0.25) is 0 Å². The van der Waals surface area contributed by atoms with Crippen molar-refractivity contribution in [2.45, 2.75) is 20.8 Å². The lowest BCUT2D eigenvalue weighted by Crippen LogP contribution is -1.82. The number of benzene rings is 1. The average Bonchev–Trinajstić information content (AvgIpc) is 2.58. The maximum atomic E-state index is 4.45. The van der Waals surface area contributed by atoms with Gasteiger partial charge in [-0.25, -0.2) is 4.45 Å². The molecular weight excluding hydrogens is 386 g/mol. The molecule has 2 nitrogen and oxygen atoms in total. The fourth-order valence-electron chi connectivity index (χ4n) is 1.31. The highest BCUT2D eigenvalue weighted by atomic mass is 127. The van der Waals surface area contributed by atoms with Gasteiger partial charge in [-0.1, -0.05) is 29.8 Å². The van der Waals surface area contributed by atoms with Crippen molar-refractivity contribution in [3.63, 3.8) is 0 Å². The smallest absolute Gasteiger partial charge is 0.0743 e. The molecule has 0 saturated heterocycles. The van der Waals surface area contributed by atoms with Gasteiger partial charge in [-0.2, -0.15) is 5.10 Å². The number of halogens is 2. The lowest BCUT2D eigenvalue weighted by atomic mass is 10.2. The van der Waals surface area contributed by atoms with Crippen molar-refractivity contribution in [3.05, 3.63) is 28.4 Å². The van der Waals surface area contributed by atoms with Crippen LogP contribution in [0.4, 0.5) is 0 Å². The predicted octanol–water partition coefficient (Wildman–Crippen LogP) is 4.93. The lowest BCUT2D eigenvalue weighted by Gasteiger charge is -1.96. The van der Waals surface area contributed by atoms with E-state index < -0.39 is 0 Å². The van der Waals surface area contributed by atoms with Crippen molar-refractivity contribution in [3.8, 4) is 0 Å². The molecule has 0 amide bonds. The molecular formula is C10H13BrIN2P. The highest BCUT2D eigenvalue weighted by Crippen LogP contribution is 2.31. The molecule has 1 heterocycles. The molecule has 0 spiro atoms. The van der Waals surface area contributed by atoms with E-state index in [0.29, 0.717) is 6.37 Å². The van der Waals surface area contributed by atoms with Crippen molar-refractivity contribution in [2.75, 3.05) is 0 Å². The zero-order valence-electron chi connectivity index (χ0n) is 8.88. The minimum atomic E-state index is 0.656. The first-order chi connectivity index (χ1) is 7.22. The third-order valence-electron chi connectivity index (χ3n) is 1.91. The van der Waals surface area contributed by atoms with Crippen LogP contribution < -0.4 is 0 Å². The monoisotopic (exact) mass is 398 g/mol. The van der Waals surface area contributed by atoms with Gasteiger partial charge in [0.15, 0.2) is 0 Å². The van der Waals surface area contributed by atoms with Crippen LogP contribution in [0, 0.1) is 6.92 Å². The van der Waals surface area contributed by atoms with E-state index in [-0.39, 0.29) is 0 Å². The van der Waals surface area contributed by atoms with Crippen LogP contribution in [-0.4, -0.2) is 9.55 Å². The third kappa shape index (κ3) is 2.92. The van der Waals surface area contributed by atoms with Crippen molar-refractivity contribution in [1.82, 2.24) is 9.55 Å². The topological polar surface area (TPSA) is 17.8 Å². The fourth-order valence-corrected chi connectivity index (χ4v) is 3.22. The Hall–Kier alpha value is 0.330. The highest BCUT2D eigenvalue weighted by molar-refractivity contribution is 14.2. The summed E-state index contributed by atoms with van der Waals surface area (Å²) in [6.45, 7) is 6.05. The molecule has 0 aliphatic heterocycles.